The molecule has 2 N–H and O–H groups in total. The summed E-state index contributed by atoms with van der Waals surface area (Å²) in [5.41, 5.74) is 1.03. The smallest absolute Gasteiger partial charge is 0.250 e. The predicted octanol–water partition coefficient (Wildman–Crippen LogP) is 1.70. The second-order valence-electron chi connectivity index (χ2n) is 5.11. The van der Waals surface area contributed by atoms with Gasteiger partial charge in [0.05, 0.1) is 6.61 Å². The van der Waals surface area contributed by atoms with Gasteiger partial charge in [0, 0.05) is 25.7 Å². The lowest BCUT2D eigenvalue weighted by molar-refractivity contribution is 0.173. The molecule has 0 aromatic carbocycles. The number of hydrogen-bond donors (Lipinski definition) is 2. The molecule has 1 heterocycles. The summed E-state index contributed by atoms with van der Waals surface area (Å²) in [6.07, 6.45) is 3.16. The van der Waals surface area contributed by atoms with Crippen LogP contribution in [0.5, 0.6) is 0 Å². The van der Waals surface area contributed by atoms with Gasteiger partial charge in [-0.15, -0.1) is 11.3 Å². The van der Waals surface area contributed by atoms with Gasteiger partial charge < -0.3 is 10.1 Å². The third-order valence-corrected chi connectivity index (χ3v) is 6.26. The highest BCUT2D eigenvalue weighted by Gasteiger charge is 2.22. The molecule has 0 aliphatic heterocycles. The molecular formula is C13H22N2O3S2. The van der Waals surface area contributed by atoms with Crippen molar-refractivity contribution >= 4 is 21.4 Å². The fraction of sp³-hybridized carbons (Fsp3) is 0.692. The van der Waals surface area contributed by atoms with Gasteiger partial charge in [0.2, 0.25) is 10.0 Å². The van der Waals surface area contributed by atoms with Crippen molar-refractivity contribution in [1.82, 2.24) is 10.0 Å². The third-order valence-electron chi connectivity index (χ3n) is 3.25. The number of ether oxygens (including phenoxy) is 1. The molecule has 5 nitrogen and oxygen atoms in total. The zero-order valence-electron chi connectivity index (χ0n) is 11.9. The van der Waals surface area contributed by atoms with Crippen LogP contribution in [0.2, 0.25) is 0 Å². The molecule has 1 aromatic rings. The predicted molar refractivity (Wildman–Crippen MR) is 80.5 cm³/mol. The van der Waals surface area contributed by atoms with Crippen LogP contribution in [-0.2, 0) is 21.3 Å². The SMILES string of the molecule is CCC(COC)NS(=O)(=O)c1cc(CNC2CC2)cs1. The van der Waals surface area contributed by atoms with Crippen LogP contribution in [0, 0.1) is 0 Å². The summed E-state index contributed by atoms with van der Waals surface area (Å²) in [5.74, 6) is 0. The molecule has 0 spiro atoms. The van der Waals surface area contributed by atoms with Crippen LogP contribution in [0.3, 0.4) is 0 Å². The summed E-state index contributed by atoms with van der Waals surface area (Å²) in [7, 11) is -1.86. The Morgan fingerprint density at radius 3 is 2.85 bits per heavy atom. The number of thiophene rings is 1. The molecule has 7 heteroatoms. The lowest BCUT2D eigenvalue weighted by atomic mass is 10.3. The molecule has 0 amide bonds. The summed E-state index contributed by atoms with van der Waals surface area (Å²) in [6, 6.07) is 2.20. The van der Waals surface area contributed by atoms with Gasteiger partial charge in [0.25, 0.3) is 0 Å². The normalized spacial score (nSPS) is 17.3. The van der Waals surface area contributed by atoms with E-state index in [9.17, 15) is 8.42 Å². The minimum atomic E-state index is -3.44. The van der Waals surface area contributed by atoms with E-state index >= 15 is 0 Å². The molecule has 0 radical (unpaired) electrons. The Hall–Kier alpha value is -0.470. The van der Waals surface area contributed by atoms with Crippen molar-refractivity contribution in [1.29, 1.82) is 0 Å². The highest BCUT2D eigenvalue weighted by Crippen LogP contribution is 2.23. The average Bonchev–Trinajstić information content (AvgIpc) is 3.11. The molecule has 0 saturated heterocycles. The molecule has 114 valence electrons. The standard InChI is InChI=1S/C13H22N2O3S2/c1-3-11(8-18-2)15-20(16,17)13-6-10(9-19-13)7-14-12-4-5-12/h6,9,11-12,14-15H,3-5,7-8H2,1-2H3. The molecular weight excluding hydrogens is 296 g/mol. The zero-order chi connectivity index (χ0) is 14.6. The minimum Gasteiger partial charge on any atom is -0.383 e. The summed E-state index contributed by atoms with van der Waals surface area (Å²) in [5, 5.41) is 5.29. The molecule has 1 fully saturated rings. The fourth-order valence-corrected chi connectivity index (χ4v) is 4.38. The van der Waals surface area contributed by atoms with E-state index < -0.39 is 10.0 Å². The van der Waals surface area contributed by atoms with E-state index in [2.05, 4.69) is 10.0 Å². The van der Waals surface area contributed by atoms with Crippen LogP contribution >= 0.6 is 11.3 Å². The molecule has 1 unspecified atom stereocenters. The van der Waals surface area contributed by atoms with Gasteiger partial charge in [0.15, 0.2) is 0 Å². The first-order valence-corrected chi connectivity index (χ1v) is 9.23. The summed E-state index contributed by atoms with van der Waals surface area (Å²) < 4.78 is 32.6. The highest BCUT2D eigenvalue weighted by atomic mass is 32.2. The van der Waals surface area contributed by atoms with E-state index in [1.54, 1.807) is 13.2 Å². The Labute approximate surface area is 124 Å². The topological polar surface area (TPSA) is 67.4 Å². The van der Waals surface area contributed by atoms with Crippen LogP contribution in [0.4, 0.5) is 0 Å². The van der Waals surface area contributed by atoms with E-state index in [1.165, 1.54) is 24.2 Å². The van der Waals surface area contributed by atoms with Crippen molar-refractivity contribution in [3.05, 3.63) is 17.0 Å². The van der Waals surface area contributed by atoms with Crippen LogP contribution in [0.15, 0.2) is 15.7 Å². The lowest BCUT2D eigenvalue weighted by Gasteiger charge is -2.15. The van der Waals surface area contributed by atoms with Crippen molar-refractivity contribution in [3.8, 4) is 0 Å². The van der Waals surface area contributed by atoms with E-state index in [0.717, 1.165) is 12.1 Å². The average molecular weight is 318 g/mol. The van der Waals surface area contributed by atoms with Crippen LogP contribution in [-0.4, -0.2) is 34.2 Å². The Balaban J connectivity index is 1.96. The number of methoxy groups -OCH3 is 1. The molecule has 1 aromatic heterocycles. The number of nitrogens with one attached hydrogen (secondary N) is 2. The summed E-state index contributed by atoms with van der Waals surface area (Å²) in [4.78, 5) is 0. The molecule has 1 aliphatic rings. The van der Waals surface area contributed by atoms with Crippen molar-refractivity contribution in [2.75, 3.05) is 13.7 Å². The molecule has 2 rings (SSSR count). The maximum atomic E-state index is 12.3. The van der Waals surface area contributed by atoms with Crippen molar-refractivity contribution < 1.29 is 13.2 Å². The Kier molecular flexibility index (Phi) is 5.57. The second kappa shape index (κ2) is 7.00. The number of sulfonamides is 1. The molecule has 0 bridgehead atoms. The third kappa shape index (κ3) is 4.53. The summed E-state index contributed by atoms with van der Waals surface area (Å²) in [6.45, 7) is 3.06. The quantitative estimate of drug-likeness (QED) is 0.727. The van der Waals surface area contributed by atoms with Crippen molar-refractivity contribution in [3.63, 3.8) is 0 Å². The van der Waals surface area contributed by atoms with Gasteiger partial charge in [-0.1, -0.05) is 6.92 Å². The van der Waals surface area contributed by atoms with Crippen molar-refractivity contribution in [2.45, 2.75) is 49.0 Å². The van der Waals surface area contributed by atoms with Gasteiger partial charge in [-0.25, -0.2) is 13.1 Å². The molecule has 20 heavy (non-hydrogen) atoms. The van der Waals surface area contributed by atoms with E-state index in [1.807, 2.05) is 12.3 Å². The second-order valence-corrected chi connectivity index (χ2v) is 7.96. The molecule has 1 saturated carbocycles. The van der Waals surface area contributed by atoms with Crippen LogP contribution in [0.1, 0.15) is 31.7 Å². The summed E-state index contributed by atoms with van der Waals surface area (Å²) >= 11 is 1.27. The zero-order valence-corrected chi connectivity index (χ0v) is 13.5. The maximum Gasteiger partial charge on any atom is 0.250 e. The van der Waals surface area contributed by atoms with Gasteiger partial charge in [-0.3, -0.25) is 0 Å². The van der Waals surface area contributed by atoms with Gasteiger partial charge in [0.1, 0.15) is 4.21 Å². The van der Waals surface area contributed by atoms with Gasteiger partial charge in [-0.2, -0.15) is 0 Å². The minimum absolute atomic E-state index is 0.180. The van der Waals surface area contributed by atoms with Crippen LogP contribution in [0.25, 0.3) is 0 Å². The lowest BCUT2D eigenvalue weighted by Crippen LogP contribution is -2.37. The van der Waals surface area contributed by atoms with Gasteiger partial charge >= 0.3 is 0 Å². The fourth-order valence-electron chi connectivity index (χ4n) is 1.85. The van der Waals surface area contributed by atoms with Crippen molar-refractivity contribution in [2.24, 2.45) is 0 Å². The van der Waals surface area contributed by atoms with Gasteiger partial charge in [-0.05, 0) is 36.3 Å². The molecule has 1 aliphatic carbocycles. The monoisotopic (exact) mass is 318 g/mol. The largest absolute Gasteiger partial charge is 0.383 e. The number of rotatable bonds is 9. The van der Waals surface area contributed by atoms with E-state index in [0.29, 0.717) is 23.3 Å². The Morgan fingerprint density at radius 2 is 2.25 bits per heavy atom. The van der Waals surface area contributed by atoms with Crippen LogP contribution < -0.4 is 10.0 Å². The Morgan fingerprint density at radius 1 is 1.50 bits per heavy atom. The van der Waals surface area contributed by atoms with E-state index in [4.69, 9.17) is 4.74 Å². The van der Waals surface area contributed by atoms with E-state index in [-0.39, 0.29) is 6.04 Å². The highest BCUT2D eigenvalue weighted by molar-refractivity contribution is 7.91. The Bertz CT molecular complexity index is 523. The first kappa shape index (κ1) is 15.9. The molecule has 1 atom stereocenters. The first-order chi connectivity index (χ1) is 9.55. The first-order valence-electron chi connectivity index (χ1n) is 6.87. The maximum absolute atomic E-state index is 12.3. The number of hydrogen-bond acceptors (Lipinski definition) is 5.